The number of nitro groups is 1. The van der Waals surface area contributed by atoms with Gasteiger partial charge < -0.3 is 10.1 Å². The summed E-state index contributed by atoms with van der Waals surface area (Å²) < 4.78 is 6.65. The van der Waals surface area contributed by atoms with E-state index in [1.807, 2.05) is 12.1 Å². The lowest BCUT2D eigenvalue weighted by Gasteiger charge is -2.10. The van der Waals surface area contributed by atoms with Crippen LogP contribution in [-0.2, 0) is 11.4 Å². The van der Waals surface area contributed by atoms with Crippen LogP contribution in [0, 0.1) is 10.1 Å². The van der Waals surface area contributed by atoms with Gasteiger partial charge in [-0.3, -0.25) is 20.2 Å². The van der Waals surface area contributed by atoms with Crippen LogP contribution in [-0.4, -0.2) is 15.9 Å². The van der Waals surface area contributed by atoms with Crippen molar-refractivity contribution in [3.8, 4) is 5.75 Å². The molecule has 0 aliphatic carbocycles. The van der Waals surface area contributed by atoms with Crippen molar-refractivity contribution >= 4 is 50.9 Å². The average Bonchev–Trinajstić information content (AvgIpc) is 2.92. The number of nitrogens with one attached hydrogen (secondary N) is 2. The maximum atomic E-state index is 11.8. The molecule has 1 fully saturated rings. The predicted molar refractivity (Wildman–Crippen MR) is 103 cm³/mol. The molecule has 2 aromatic rings. The SMILES string of the molecule is O=C1NC(=S)N/C1=C\c1cc(Br)ccc1OCc1ccc([N+](=O)[O-])cc1. The molecule has 1 aliphatic rings. The number of hydrogen-bond donors (Lipinski definition) is 2. The molecule has 1 aliphatic heterocycles. The standard InChI is InChI=1S/C17H12BrN3O4S/c18-12-3-6-15(11(7-12)8-14-16(22)20-17(26)19-14)25-9-10-1-4-13(5-2-10)21(23)24/h1-8H,9H2,(H2,19,20,22,26)/b14-8-. The fourth-order valence-electron chi connectivity index (χ4n) is 2.28. The van der Waals surface area contributed by atoms with Gasteiger partial charge in [0.2, 0.25) is 0 Å². The third-order valence-corrected chi connectivity index (χ3v) is 4.23. The molecule has 1 saturated heterocycles. The predicted octanol–water partition coefficient (Wildman–Crippen LogP) is 3.28. The van der Waals surface area contributed by atoms with Gasteiger partial charge in [-0.05, 0) is 54.2 Å². The number of carbonyl (C=O) groups excluding carboxylic acids is 1. The van der Waals surface area contributed by atoms with E-state index in [1.165, 1.54) is 12.1 Å². The number of thiocarbonyl (C=S) groups is 1. The van der Waals surface area contributed by atoms with Gasteiger partial charge in [-0.2, -0.15) is 0 Å². The number of nitro benzene ring substituents is 1. The maximum Gasteiger partial charge on any atom is 0.273 e. The molecule has 26 heavy (non-hydrogen) atoms. The van der Waals surface area contributed by atoms with Gasteiger partial charge in [0, 0.05) is 22.2 Å². The highest BCUT2D eigenvalue weighted by molar-refractivity contribution is 9.10. The van der Waals surface area contributed by atoms with Gasteiger partial charge in [-0.1, -0.05) is 15.9 Å². The Labute approximate surface area is 162 Å². The molecule has 0 atom stereocenters. The van der Waals surface area contributed by atoms with E-state index in [-0.39, 0.29) is 23.3 Å². The highest BCUT2D eigenvalue weighted by atomic mass is 79.9. The van der Waals surface area contributed by atoms with E-state index in [1.54, 1.807) is 24.3 Å². The fourth-order valence-corrected chi connectivity index (χ4v) is 2.86. The Morgan fingerprint density at radius 1 is 1.19 bits per heavy atom. The first-order chi connectivity index (χ1) is 12.4. The Kier molecular flexibility index (Phi) is 5.29. The largest absolute Gasteiger partial charge is 0.488 e. The normalized spacial score (nSPS) is 14.9. The minimum absolute atomic E-state index is 0.0251. The third-order valence-electron chi connectivity index (χ3n) is 3.53. The molecule has 0 bridgehead atoms. The van der Waals surface area contributed by atoms with Crippen molar-refractivity contribution in [2.75, 3.05) is 0 Å². The summed E-state index contributed by atoms with van der Waals surface area (Å²) in [5, 5.41) is 16.2. The molecule has 0 aromatic heterocycles. The highest BCUT2D eigenvalue weighted by Gasteiger charge is 2.20. The van der Waals surface area contributed by atoms with Crippen LogP contribution in [0.15, 0.2) is 52.6 Å². The van der Waals surface area contributed by atoms with Crippen molar-refractivity contribution in [3.05, 3.63) is 73.9 Å². The van der Waals surface area contributed by atoms with Crippen LogP contribution < -0.4 is 15.4 Å². The molecule has 9 heteroatoms. The Bertz CT molecular complexity index is 928. The molecule has 1 heterocycles. The summed E-state index contributed by atoms with van der Waals surface area (Å²) in [6, 6.07) is 11.5. The van der Waals surface area contributed by atoms with E-state index < -0.39 is 4.92 Å². The zero-order valence-electron chi connectivity index (χ0n) is 13.2. The second kappa shape index (κ2) is 7.63. The van der Waals surface area contributed by atoms with E-state index >= 15 is 0 Å². The third kappa shape index (κ3) is 4.24. The number of non-ortho nitro benzene ring substituents is 1. The Morgan fingerprint density at radius 3 is 2.54 bits per heavy atom. The molecule has 7 nitrogen and oxygen atoms in total. The van der Waals surface area contributed by atoms with Crippen LogP contribution >= 0.6 is 28.1 Å². The van der Waals surface area contributed by atoms with Gasteiger partial charge >= 0.3 is 0 Å². The molecule has 3 rings (SSSR count). The summed E-state index contributed by atoms with van der Waals surface area (Å²) in [5.41, 5.74) is 1.82. The lowest BCUT2D eigenvalue weighted by Crippen LogP contribution is -2.21. The van der Waals surface area contributed by atoms with Gasteiger partial charge in [0.25, 0.3) is 11.6 Å². The molecule has 132 valence electrons. The molecule has 2 N–H and O–H groups in total. The number of rotatable bonds is 5. The smallest absolute Gasteiger partial charge is 0.273 e. The minimum Gasteiger partial charge on any atom is -0.488 e. The molecule has 0 unspecified atom stereocenters. The molecular weight excluding hydrogens is 422 g/mol. The fraction of sp³-hybridized carbons (Fsp3) is 0.0588. The quantitative estimate of drug-likeness (QED) is 0.325. The first-order valence-corrected chi connectivity index (χ1v) is 8.62. The van der Waals surface area contributed by atoms with E-state index in [0.717, 1.165) is 10.0 Å². The van der Waals surface area contributed by atoms with Crippen molar-refractivity contribution in [3.63, 3.8) is 0 Å². The zero-order chi connectivity index (χ0) is 18.7. The number of benzene rings is 2. The summed E-state index contributed by atoms with van der Waals surface area (Å²) in [6.45, 7) is 0.230. The number of carbonyl (C=O) groups is 1. The van der Waals surface area contributed by atoms with Crippen LogP contribution in [0.5, 0.6) is 5.75 Å². The van der Waals surface area contributed by atoms with E-state index in [4.69, 9.17) is 17.0 Å². The van der Waals surface area contributed by atoms with Gasteiger partial charge in [-0.25, -0.2) is 0 Å². The van der Waals surface area contributed by atoms with Crippen LogP contribution in [0.25, 0.3) is 6.08 Å². The van der Waals surface area contributed by atoms with Crippen LogP contribution in [0.3, 0.4) is 0 Å². The molecule has 0 saturated carbocycles. The van der Waals surface area contributed by atoms with Crippen LogP contribution in [0.4, 0.5) is 5.69 Å². The Hall–Kier alpha value is -2.78. The maximum absolute atomic E-state index is 11.8. The number of amides is 1. The Balaban J connectivity index is 1.80. The topological polar surface area (TPSA) is 93.5 Å². The Morgan fingerprint density at radius 2 is 1.92 bits per heavy atom. The van der Waals surface area contributed by atoms with Gasteiger partial charge in [0.05, 0.1) is 4.92 Å². The van der Waals surface area contributed by atoms with Crippen molar-refractivity contribution in [1.82, 2.24) is 10.6 Å². The summed E-state index contributed by atoms with van der Waals surface area (Å²) in [5.74, 6) is 0.253. The number of nitrogens with zero attached hydrogens (tertiary/aromatic N) is 1. The summed E-state index contributed by atoms with van der Waals surface area (Å²) in [7, 11) is 0. The monoisotopic (exact) mass is 433 g/mol. The molecular formula is C17H12BrN3O4S. The van der Waals surface area contributed by atoms with Gasteiger partial charge in [0.15, 0.2) is 5.11 Å². The second-order valence-corrected chi connectivity index (χ2v) is 6.68. The van der Waals surface area contributed by atoms with Crippen LogP contribution in [0.2, 0.25) is 0 Å². The van der Waals surface area contributed by atoms with E-state index in [9.17, 15) is 14.9 Å². The summed E-state index contributed by atoms with van der Waals surface area (Å²) in [4.78, 5) is 22.1. The van der Waals surface area contributed by atoms with E-state index in [2.05, 4.69) is 26.6 Å². The van der Waals surface area contributed by atoms with Crippen LogP contribution in [0.1, 0.15) is 11.1 Å². The summed E-state index contributed by atoms with van der Waals surface area (Å²) in [6.07, 6.45) is 1.64. The molecule has 1 amide bonds. The first-order valence-electron chi connectivity index (χ1n) is 7.42. The van der Waals surface area contributed by atoms with Gasteiger partial charge in [0.1, 0.15) is 18.1 Å². The first kappa shape index (κ1) is 18.0. The average molecular weight is 434 g/mol. The van der Waals surface area contributed by atoms with Gasteiger partial charge in [-0.15, -0.1) is 0 Å². The van der Waals surface area contributed by atoms with Crippen molar-refractivity contribution < 1.29 is 14.5 Å². The lowest BCUT2D eigenvalue weighted by atomic mass is 10.1. The summed E-state index contributed by atoms with van der Waals surface area (Å²) >= 11 is 8.31. The van der Waals surface area contributed by atoms with Crippen molar-refractivity contribution in [2.24, 2.45) is 0 Å². The lowest BCUT2D eigenvalue weighted by molar-refractivity contribution is -0.384. The molecule has 0 spiro atoms. The number of hydrogen-bond acceptors (Lipinski definition) is 5. The molecule has 0 radical (unpaired) electrons. The number of halogens is 1. The zero-order valence-corrected chi connectivity index (χ0v) is 15.6. The van der Waals surface area contributed by atoms with Crippen molar-refractivity contribution in [1.29, 1.82) is 0 Å². The second-order valence-electron chi connectivity index (χ2n) is 5.36. The minimum atomic E-state index is -0.451. The van der Waals surface area contributed by atoms with E-state index in [0.29, 0.717) is 17.0 Å². The van der Waals surface area contributed by atoms with Crippen molar-refractivity contribution in [2.45, 2.75) is 6.61 Å². The molecule has 2 aromatic carbocycles. The highest BCUT2D eigenvalue weighted by Crippen LogP contribution is 2.27. The number of ether oxygens (including phenoxy) is 1.